The molecule has 22 heavy (non-hydrogen) atoms. The van der Waals surface area contributed by atoms with Crippen molar-refractivity contribution in [2.75, 3.05) is 13.1 Å². The van der Waals surface area contributed by atoms with E-state index in [1.165, 1.54) is 6.42 Å². The van der Waals surface area contributed by atoms with E-state index in [1.807, 2.05) is 0 Å². The van der Waals surface area contributed by atoms with Crippen LogP contribution in [0.5, 0.6) is 0 Å². The van der Waals surface area contributed by atoms with E-state index in [9.17, 15) is 18.0 Å². The number of rotatable bonds is 13. The molecule has 0 aromatic rings. The number of alkyl halides is 3. The first kappa shape index (κ1) is 21.3. The molecule has 0 fully saturated rings. The standard InChI is InChI=1S/C17H32F3NO/c1-3-5-7-9-11-13-15-21(16(22)17(18,19)20)14-12-10-8-6-4-2/h3-15H2,1-2H3. The van der Waals surface area contributed by atoms with E-state index in [4.69, 9.17) is 0 Å². The van der Waals surface area contributed by atoms with Gasteiger partial charge in [0, 0.05) is 13.1 Å². The molecule has 0 bridgehead atoms. The van der Waals surface area contributed by atoms with E-state index in [0.717, 1.165) is 56.3 Å². The number of halogens is 3. The van der Waals surface area contributed by atoms with Gasteiger partial charge >= 0.3 is 12.1 Å². The summed E-state index contributed by atoms with van der Waals surface area (Å²) in [6.07, 6.45) is 6.10. The Morgan fingerprint density at radius 1 is 0.727 bits per heavy atom. The van der Waals surface area contributed by atoms with Gasteiger partial charge in [-0.25, -0.2) is 0 Å². The Labute approximate surface area is 133 Å². The highest BCUT2D eigenvalue weighted by Crippen LogP contribution is 2.20. The summed E-state index contributed by atoms with van der Waals surface area (Å²) in [5, 5.41) is 0. The van der Waals surface area contributed by atoms with Crippen molar-refractivity contribution in [3.8, 4) is 0 Å². The highest BCUT2D eigenvalue weighted by atomic mass is 19.4. The number of nitrogens with zero attached hydrogens (tertiary/aromatic N) is 1. The van der Waals surface area contributed by atoms with E-state index in [2.05, 4.69) is 13.8 Å². The average Bonchev–Trinajstić information content (AvgIpc) is 2.46. The fourth-order valence-electron chi connectivity index (χ4n) is 2.48. The molecule has 0 rings (SSSR count). The van der Waals surface area contributed by atoms with E-state index in [-0.39, 0.29) is 13.1 Å². The van der Waals surface area contributed by atoms with Gasteiger partial charge in [0.15, 0.2) is 0 Å². The van der Waals surface area contributed by atoms with Crippen LogP contribution in [0.15, 0.2) is 0 Å². The van der Waals surface area contributed by atoms with Crippen LogP contribution in [0.3, 0.4) is 0 Å². The molecular weight excluding hydrogens is 291 g/mol. The summed E-state index contributed by atoms with van der Waals surface area (Å²) >= 11 is 0. The van der Waals surface area contributed by atoms with E-state index < -0.39 is 12.1 Å². The molecule has 0 radical (unpaired) electrons. The van der Waals surface area contributed by atoms with Crippen LogP contribution in [0.2, 0.25) is 0 Å². The second kappa shape index (κ2) is 12.8. The molecule has 0 aromatic carbocycles. The van der Waals surface area contributed by atoms with Crippen LogP contribution in [-0.4, -0.2) is 30.1 Å². The van der Waals surface area contributed by atoms with Gasteiger partial charge in [0.1, 0.15) is 0 Å². The topological polar surface area (TPSA) is 20.3 Å². The lowest BCUT2D eigenvalue weighted by Crippen LogP contribution is -2.42. The largest absolute Gasteiger partial charge is 0.471 e. The fourth-order valence-corrected chi connectivity index (χ4v) is 2.48. The molecule has 1 amide bonds. The molecule has 0 aliphatic carbocycles. The Hall–Kier alpha value is -0.740. The molecular formula is C17H32F3NO. The van der Waals surface area contributed by atoms with Crippen LogP contribution >= 0.6 is 0 Å². The molecule has 0 spiro atoms. The molecule has 0 saturated heterocycles. The zero-order chi connectivity index (χ0) is 16.8. The first-order valence-electron chi connectivity index (χ1n) is 8.79. The molecule has 2 nitrogen and oxygen atoms in total. The minimum absolute atomic E-state index is 0.233. The second-order valence-corrected chi connectivity index (χ2v) is 5.97. The van der Waals surface area contributed by atoms with Gasteiger partial charge in [0.05, 0.1) is 0 Å². The van der Waals surface area contributed by atoms with Gasteiger partial charge in [-0.1, -0.05) is 71.6 Å². The lowest BCUT2D eigenvalue weighted by Gasteiger charge is -2.23. The molecule has 0 aromatic heterocycles. The lowest BCUT2D eigenvalue weighted by atomic mass is 10.1. The first-order valence-corrected chi connectivity index (χ1v) is 8.79. The van der Waals surface area contributed by atoms with Crippen LogP contribution in [0.4, 0.5) is 13.2 Å². The predicted molar refractivity (Wildman–Crippen MR) is 84.8 cm³/mol. The maximum absolute atomic E-state index is 12.6. The zero-order valence-electron chi connectivity index (χ0n) is 14.2. The molecule has 0 saturated carbocycles. The quantitative estimate of drug-likeness (QED) is 0.398. The van der Waals surface area contributed by atoms with Gasteiger partial charge in [-0.15, -0.1) is 0 Å². The van der Waals surface area contributed by atoms with Crippen LogP contribution in [0.1, 0.15) is 84.5 Å². The molecule has 0 aliphatic heterocycles. The summed E-state index contributed by atoms with van der Waals surface area (Å²) in [5.74, 6) is -1.67. The third kappa shape index (κ3) is 10.9. The van der Waals surface area contributed by atoms with Crippen molar-refractivity contribution in [1.29, 1.82) is 0 Å². The van der Waals surface area contributed by atoms with Crippen LogP contribution < -0.4 is 0 Å². The number of carbonyl (C=O) groups is 1. The third-order valence-electron chi connectivity index (χ3n) is 3.84. The van der Waals surface area contributed by atoms with E-state index in [0.29, 0.717) is 12.8 Å². The summed E-state index contributed by atoms with van der Waals surface area (Å²) < 4.78 is 37.8. The second-order valence-electron chi connectivity index (χ2n) is 5.97. The number of hydrogen-bond donors (Lipinski definition) is 0. The molecule has 0 aliphatic rings. The summed E-state index contributed by atoms with van der Waals surface area (Å²) in [7, 11) is 0. The van der Waals surface area contributed by atoms with Gasteiger partial charge in [-0.2, -0.15) is 13.2 Å². The van der Waals surface area contributed by atoms with Crippen molar-refractivity contribution in [2.24, 2.45) is 0 Å². The third-order valence-corrected chi connectivity index (χ3v) is 3.84. The Balaban J connectivity index is 4.09. The van der Waals surface area contributed by atoms with Crippen molar-refractivity contribution in [3.05, 3.63) is 0 Å². The summed E-state index contributed by atoms with van der Waals surface area (Å²) in [5.41, 5.74) is 0. The molecule has 5 heteroatoms. The monoisotopic (exact) mass is 323 g/mol. The van der Waals surface area contributed by atoms with Crippen molar-refractivity contribution in [1.82, 2.24) is 4.90 Å². The highest BCUT2D eigenvalue weighted by molar-refractivity contribution is 5.81. The summed E-state index contributed by atoms with van der Waals surface area (Å²) in [6, 6.07) is 0. The van der Waals surface area contributed by atoms with Crippen molar-refractivity contribution in [2.45, 2.75) is 90.7 Å². The minimum atomic E-state index is -4.74. The molecule has 0 N–H and O–H groups in total. The predicted octanol–water partition coefficient (Wildman–Crippen LogP) is 5.71. The number of hydrogen-bond acceptors (Lipinski definition) is 1. The Bertz CT molecular complexity index is 280. The number of carbonyl (C=O) groups excluding carboxylic acids is 1. The SMILES string of the molecule is CCCCCCCCN(CCCCCCC)C(=O)C(F)(F)F. The van der Waals surface area contributed by atoms with Gasteiger partial charge in [-0.05, 0) is 12.8 Å². The molecule has 0 unspecified atom stereocenters. The van der Waals surface area contributed by atoms with Gasteiger partial charge < -0.3 is 4.90 Å². The molecule has 132 valence electrons. The summed E-state index contributed by atoms with van der Waals surface area (Å²) in [4.78, 5) is 12.5. The van der Waals surface area contributed by atoms with Crippen LogP contribution in [0.25, 0.3) is 0 Å². The Morgan fingerprint density at radius 2 is 1.09 bits per heavy atom. The van der Waals surface area contributed by atoms with Crippen molar-refractivity contribution >= 4 is 5.91 Å². The van der Waals surface area contributed by atoms with Gasteiger partial charge in [-0.3, -0.25) is 4.79 Å². The summed E-state index contributed by atoms with van der Waals surface area (Å²) in [6.45, 7) is 4.69. The first-order chi connectivity index (χ1) is 10.4. The smallest absolute Gasteiger partial charge is 0.335 e. The molecule has 0 heterocycles. The van der Waals surface area contributed by atoms with Gasteiger partial charge in [0.25, 0.3) is 0 Å². The van der Waals surface area contributed by atoms with Crippen LogP contribution in [-0.2, 0) is 4.79 Å². The molecule has 0 atom stereocenters. The van der Waals surface area contributed by atoms with Crippen molar-refractivity contribution < 1.29 is 18.0 Å². The Kier molecular flexibility index (Phi) is 12.3. The normalized spacial score (nSPS) is 11.7. The minimum Gasteiger partial charge on any atom is -0.335 e. The Morgan fingerprint density at radius 3 is 1.45 bits per heavy atom. The maximum atomic E-state index is 12.6. The van der Waals surface area contributed by atoms with E-state index >= 15 is 0 Å². The number of unbranched alkanes of at least 4 members (excludes halogenated alkanes) is 9. The van der Waals surface area contributed by atoms with E-state index in [1.54, 1.807) is 0 Å². The number of amides is 1. The zero-order valence-corrected chi connectivity index (χ0v) is 14.2. The fraction of sp³-hybridized carbons (Fsp3) is 0.941. The van der Waals surface area contributed by atoms with Crippen molar-refractivity contribution in [3.63, 3.8) is 0 Å². The van der Waals surface area contributed by atoms with Crippen LogP contribution in [0, 0.1) is 0 Å². The average molecular weight is 323 g/mol. The van der Waals surface area contributed by atoms with Gasteiger partial charge in [0.2, 0.25) is 0 Å². The highest BCUT2D eigenvalue weighted by Gasteiger charge is 2.41. The lowest BCUT2D eigenvalue weighted by molar-refractivity contribution is -0.185. The maximum Gasteiger partial charge on any atom is 0.471 e.